The van der Waals surface area contributed by atoms with Gasteiger partial charge in [0.05, 0.1) is 18.1 Å². The maximum atomic E-state index is 12.0. The van der Waals surface area contributed by atoms with Gasteiger partial charge in [0, 0.05) is 12.1 Å². The van der Waals surface area contributed by atoms with Crippen LogP contribution in [0.1, 0.15) is 23.7 Å². The number of nitrogens with one attached hydrogen (secondary N) is 1. The SMILES string of the molecule is CCCNC(=O)CN(C)CC(=O)c1ccccc1Cl. The van der Waals surface area contributed by atoms with Crippen molar-refractivity contribution in [1.29, 1.82) is 0 Å². The number of carbonyl (C=O) groups is 2. The van der Waals surface area contributed by atoms with Gasteiger partial charge in [0.1, 0.15) is 0 Å². The van der Waals surface area contributed by atoms with E-state index in [1.807, 2.05) is 6.92 Å². The molecule has 1 amide bonds. The Hall–Kier alpha value is -1.39. The van der Waals surface area contributed by atoms with E-state index in [0.29, 0.717) is 17.1 Å². The second kappa shape index (κ2) is 7.92. The number of amides is 1. The lowest BCUT2D eigenvalue weighted by molar-refractivity contribution is -0.121. The second-order valence-corrected chi connectivity index (χ2v) is 4.83. The van der Waals surface area contributed by atoms with Crippen LogP contribution in [0.3, 0.4) is 0 Å². The molecule has 1 N–H and O–H groups in total. The van der Waals surface area contributed by atoms with Gasteiger partial charge in [-0.1, -0.05) is 30.7 Å². The molecule has 0 atom stereocenters. The van der Waals surface area contributed by atoms with Gasteiger partial charge < -0.3 is 5.32 Å². The van der Waals surface area contributed by atoms with E-state index in [-0.39, 0.29) is 24.8 Å². The lowest BCUT2D eigenvalue weighted by Crippen LogP contribution is -2.37. The number of benzene rings is 1. The minimum absolute atomic E-state index is 0.0729. The molecule has 0 unspecified atom stereocenters. The molecule has 0 aliphatic carbocycles. The Kier molecular flexibility index (Phi) is 6.53. The lowest BCUT2D eigenvalue weighted by Gasteiger charge is -2.15. The first-order chi connectivity index (χ1) is 9.04. The van der Waals surface area contributed by atoms with Gasteiger partial charge in [-0.15, -0.1) is 0 Å². The topological polar surface area (TPSA) is 49.4 Å². The molecule has 1 aromatic rings. The maximum absolute atomic E-state index is 12.0. The van der Waals surface area contributed by atoms with Crippen LogP contribution in [0.2, 0.25) is 5.02 Å². The summed E-state index contributed by atoms with van der Waals surface area (Å²) in [6.07, 6.45) is 0.897. The summed E-state index contributed by atoms with van der Waals surface area (Å²) in [7, 11) is 1.74. The van der Waals surface area contributed by atoms with Gasteiger partial charge in [0.2, 0.25) is 5.91 Å². The summed E-state index contributed by atoms with van der Waals surface area (Å²) < 4.78 is 0. The van der Waals surface area contributed by atoms with Gasteiger partial charge in [0.25, 0.3) is 0 Å². The Morgan fingerprint density at radius 3 is 2.58 bits per heavy atom. The molecule has 5 heteroatoms. The van der Waals surface area contributed by atoms with E-state index < -0.39 is 0 Å². The molecule has 0 saturated heterocycles. The van der Waals surface area contributed by atoms with Crippen molar-refractivity contribution in [3.63, 3.8) is 0 Å². The zero-order valence-corrected chi connectivity index (χ0v) is 12.0. The predicted molar refractivity (Wildman–Crippen MR) is 76.6 cm³/mol. The van der Waals surface area contributed by atoms with E-state index in [1.165, 1.54) is 0 Å². The molecule has 1 rings (SSSR count). The van der Waals surface area contributed by atoms with Crippen molar-refractivity contribution in [3.8, 4) is 0 Å². The third-order valence-corrected chi connectivity index (χ3v) is 2.90. The summed E-state index contributed by atoms with van der Waals surface area (Å²) in [6, 6.07) is 6.92. The number of carbonyl (C=O) groups excluding carboxylic acids is 2. The van der Waals surface area contributed by atoms with Gasteiger partial charge in [-0.2, -0.15) is 0 Å². The van der Waals surface area contributed by atoms with E-state index >= 15 is 0 Å². The van der Waals surface area contributed by atoms with Crippen molar-refractivity contribution in [3.05, 3.63) is 34.9 Å². The Labute approximate surface area is 118 Å². The van der Waals surface area contributed by atoms with Gasteiger partial charge in [-0.05, 0) is 25.6 Å². The zero-order chi connectivity index (χ0) is 14.3. The Morgan fingerprint density at radius 2 is 1.95 bits per heavy atom. The van der Waals surface area contributed by atoms with Crippen LogP contribution in [0.25, 0.3) is 0 Å². The van der Waals surface area contributed by atoms with E-state index in [4.69, 9.17) is 11.6 Å². The molecule has 0 aliphatic rings. The maximum Gasteiger partial charge on any atom is 0.234 e. The highest BCUT2D eigenvalue weighted by atomic mass is 35.5. The Morgan fingerprint density at radius 1 is 1.26 bits per heavy atom. The van der Waals surface area contributed by atoms with Crippen LogP contribution in [0, 0.1) is 0 Å². The van der Waals surface area contributed by atoms with Crippen molar-refractivity contribution < 1.29 is 9.59 Å². The number of likely N-dealkylation sites (N-methyl/N-ethyl adjacent to an activating group) is 1. The largest absolute Gasteiger partial charge is 0.355 e. The van der Waals surface area contributed by atoms with E-state index in [2.05, 4.69) is 5.32 Å². The summed E-state index contributed by atoms with van der Waals surface area (Å²) >= 11 is 5.96. The molecular weight excluding hydrogens is 264 g/mol. The number of hydrogen-bond donors (Lipinski definition) is 1. The highest BCUT2D eigenvalue weighted by molar-refractivity contribution is 6.34. The molecule has 0 radical (unpaired) electrons. The van der Waals surface area contributed by atoms with Crippen molar-refractivity contribution in [2.75, 3.05) is 26.7 Å². The molecular formula is C14H19ClN2O2. The highest BCUT2D eigenvalue weighted by Crippen LogP contribution is 2.15. The summed E-state index contributed by atoms with van der Waals surface area (Å²) in [5.74, 6) is -0.160. The van der Waals surface area contributed by atoms with E-state index in [0.717, 1.165) is 6.42 Å². The number of rotatable bonds is 7. The zero-order valence-electron chi connectivity index (χ0n) is 11.3. The molecule has 0 spiro atoms. The van der Waals surface area contributed by atoms with Gasteiger partial charge in [-0.25, -0.2) is 0 Å². The molecule has 0 aliphatic heterocycles. The van der Waals surface area contributed by atoms with Crippen molar-refractivity contribution >= 4 is 23.3 Å². The van der Waals surface area contributed by atoms with Gasteiger partial charge >= 0.3 is 0 Å². The summed E-state index contributed by atoms with van der Waals surface area (Å²) in [5.41, 5.74) is 0.491. The third kappa shape index (κ3) is 5.41. The predicted octanol–water partition coefficient (Wildman–Crippen LogP) is 1.98. The minimum Gasteiger partial charge on any atom is -0.355 e. The van der Waals surface area contributed by atoms with Crippen molar-refractivity contribution in [2.24, 2.45) is 0 Å². The summed E-state index contributed by atoms with van der Waals surface area (Å²) in [5, 5.41) is 3.21. The molecule has 104 valence electrons. The Balaban J connectivity index is 2.48. The first kappa shape index (κ1) is 15.7. The van der Waals surface area contributed by atoms with Crippen LogP contribution in [0.15, 0.2) is 24.3 Å². The number of nitrogens with zero attached hydrogens (tertiary/aromatic N) is 1. The smallest absolute Gasteiger partial charge is 0.234 e. The van der Waals surface area contributed by atoms with Gasteiger partial charge in [-0.3, -0.25) is 14.5 Å². The van der Waals surface area contributed by atoms with Crippen molar-refractivity contribution in [1.82, 2.24) is 10.2 Å². The second-order valence-electron chi connectivity index (χ2n) is 4.43. The molecule has 0 bridgehead atoms. The number of hydrogen-bond acceptors (Lipinski definition) is 3. The molecule has 0 saturated carbocycles. The normalized spacial score (nSPS) is 10.5. The van der Waals surface area contributed by atoms with E-state index in [1.54, 1.807) is 36.2 Å². The van der Waals surface area contributed by atoms with Crippen molar-refractivity contribution in [2.45, 2.75) is 13.3 Å². The molecule has 0 aromatic heterocycles. The highest BCUT2D eigenvalue weighted by Gasteiger charge is 2.14. The standard InChI is InChI=1S/C14H19ClN2O2/c1-3-8-16-14(19)10-17(2)9-13(18)11-6-4-5-7-12(11)15/h4-7H,3,8-10H2,1-2H3,(H,16,19). The number of ketones is 1. The first-order valence-corrected chi connectivity index (χ1v) is 6.65. The van der Waals surface area contributed by atoms with Gasteiger partial charge in [0.15, 0.2) is 5.78 Å². The first-order valence-electron chi connectivity index (χ1n) is 6.27. The molecule has 0 heterocycles. The fourth-order valence-corrected chi connectivity index (χ4v) is 1.88. The van der Waals surface area contributed by atoms with E-state index in [9.17, 15) is 9.59 Å². The molecule has 0 fully saturated rings. The number of Topliss-reactive ketones (excluding diaryl/α,β-unsaturated/α-hetero) is 1. The molecule has 19 heavy (non-hydrogen) atoms. The van der Waals surface area contributed by atoms with Crippen LogP contribution in [-0.2, 0) is 4.79 Å². The minimum atomic E-state index is -0.0867. The fourth-order valence-electron chi connectivity index (χ4n) is 1.64. The molecule has 1 aromatic carbocycles. The molecule has 4 nitrogen and oxygen atoms in total. The fraction of sp³-hybridized carbons (Fsp3) is 0.429. The lowest BCUT2D eigenvalue weighted by atomic mass is 10.1. The van der Waals surface area contributed by atoms with Crippen LogP contribution in [0.5, 0.6) is 0 Å². The average Bonchev–Trinajstić information content (AvgIpc) is 2.36. The Bertz CT molecular complexity index is 449. The van der Waals surface area contributed by atoms with Crippen LogP contribution >= 0.6 is 11.6 Å². The summed E-state index contributed by atoms with van der Waals surface area (Å²) in [6.45, 7) is 3.02. The third-order valence-electron chi connectivity index (χ3n) is 2.57. The average molecular weight is 283 g/mol. The van der Waals surface area contributed by atoms with Crippen LogP contribution in [0.4, 0.5) is 0 Å². The number of halogens is 1. The quantitative estimate of drug-likeness (QED) is 0.778. The van der Waals surface area contributed by atoms with Crippen LogP contribution in [-0.4, -0.2) is 43.3 Å². The monoisotopic (exact) mass is 282 g/mol. The summed E-state index contributed by atoms with van der Waals surface area (Å²) in [4.78, 5) is 25.2. The van der Waals surface area contributed by atoms with Crippen LogP contribution < -0.4 is 5.32 Å².